The molecule has 0 bridgehead atoms. The molecule has 3 N–H and O–H groups in total. The molecule has 0 radical (unpaired) electrons. The highest BCUT2D eigenvalue weighted by Gasteiger charge is 2.24. The van der Waals surface area contributed by atoms with E-state index in [4.69, 9.17) is 14.9 Å². The summed E-state index contributed by atoms with van der Waals surface area (Å²) < 4.78 is 5.30. The number of hydrogen-bond acceptors (Lipinski definition) is 4. The van der Waals surface area contributed by atoms with Gasteiger partial charge >= 0.3 is 11.9 Å². The van der Waals surface area contributed by atoms with Crippen molar-refractivity contribution in [2.24, 2.45) is 0 Å². The first-order valence-corrected chi connectivity index (χ1v) is 5.56. The molecule has 0 aliphatic rings. The summed E-state index contributed by atoms with van der Waals surface area (Å²) in [5.41, 5.74) is -1.05. The van der Waals surface area contributed by atoms with Crippen LogP contribution in [0.15, 0.2) is 42.5 Å². The molecule has 2 rings (SSSR count). The lowest BCUT2D eigenvalue weighted by Gasteiger charge is -2.12. The Morgan fingerprint density at radius 1 is 0.900 bits per heavy atom. The van der Waals surface area contributed by atoms with Gasteiger partial charge in [-0.05, 0) is 24.3 Å². The zero-order valence-electron chi connectivity index (χ0n) is 10.1. The van der Waals surface area contributed by atoms with Gasteiger partial charge in [0.2, 0.25) is 0 Å². The molecule has 2 aromatic rings. The van der Waals surface area contributed by atoms with E-state index in [0.717, 1.165) is 12.1 Å². The summed E-state index contributed by atoms with van der Waals surface area (Å²) in [5, 5.41) is 27.9. The number of carboxylic acids is 2. The number of carbonyl (C=O) groups is 2. The first-order valence-electron chi connectivity index (χ1n) is 5.56. The molecule has 102 valence electrons. The van der Waals surface area contributed by atoms with Crippen LogP contribution in [-0.4, -0.2) is 27.3 Å². The molecule has 0 amide bonds. The predicted molar refractivity (Wildman–Crippen MR) is 68.5 cm³/mol. The summed E-state index contributed by atoms with van der Waals surface area (Å²) in [6.07, 6.45) is 0. The number of hydrogen-bond donors (Lipinski definition) is 3. The van der Waals surface area contributed by atoms with Crippen molar-refractivity contribution in [2.75, 3.05) is 0 Å². The van der Waals surface area contributed by atoms with E-state index in [-0.39, 0.29) is 5.75 Å². The molecule has 0 spiro atoms. The van der Waals surface area contributed by atoms with Gasteiger partial charge in [0.15, 0.2) is 11.5 Å². The van der Waals surface area contributed by atoms with E-state index in [1.54, 1.807) is 30.3 Å². The highest BCUT2D eigenvalue weighted by molar-refractivity contribution is 6.04. The van der Waals surface area contributed by atoms with Crippen molar-refractivity contribution < 1.29 is 29.6 Å². The fourth-order valence-corrected chi connectivity index (χ4v) is 1.67. The van der Waals surface area contributed by atoms with Gasteiger partial charge in [-0.2, -0.15) is 0 Å². The van der Waals surface area contributed by atoms with Crippen LogP contribution in [0, 0.1) is 0 Å². The largest absolute Gasteiger partial charge is 0.504 e. The smallest absolute Gasteiger partial charge is 0.340 e. The van der Waals surface area contributed by atoms with Crippen LogP contribution in [0.2, 0.25) is 0 Å². The number of rotatable bonds is 4. The summed E-state index contributed by atoms with van der Waals surface area (Å²) in [6, 6.07) is 10.3. The Hall–Kier alpha value is -3.02. The first kappa shape index (κ1) is 13.4. The van der Waals surface area contributed by atoms with Crippen molar-refractivity contribution in [2.45, 2.75) is 0 Å². The molecule has 20 heavy (non-hydrogen) atoms. The number of phenolic OH excluding ortho intramolecular Hbond substituents is 1. The monoisotopic (exact) mass is 274 g/mol. The van der Waals surface area contributed by atoms with Gasteiger partial charge in [-0.1, -0.05) is 18.2 Å². The Morgan fingerprint density at radius 2 is 1.55 bits per heavy atom. The number of aromatic hydroxyl groups is 1. The molecular weight excluding hydrogens is 264 g/mol. The Bertz CT molecular complexity index is 663. The number of carboxylic acid groups (broad SMARTS) is 2. The van der Waals surface area contributed by atoms with Crippen LogP contribution in [0.25, 0.3) is 0 Å². The van der Waals surface area contributed by atoms with Crippen molar-refractivity contribution in [3.63, 3.8) is 0 Å². The van der Waals surface area contributed by atoms with Gasteiger partial charge < -0.3 is 20.1 Å². The minimum Gasteiger partial charge on any atom is -0.504 e. The van der Waals surface area contributed by atoms with Crippen LogP contribution in [0.3, 0.4) is 0 Å². The maximum Gasteiger partial charge on any atom is 0.340 e. The van der Waals surface area contributed by atoms with E-state index >= 15 is 0 Å². The van der Waals surface area contributed by atoms with Crippen molar-refractivity contribution in [3.8, 4) is 17.2 Å². The fraction of sp³-hybridized carbons (Fsp3) is 0. The third-order valence-electron chi connectivity index (χ3n) is 2.54. The maximum absolute atomic E-state index is 11.2. The normalized spacial score (nSPS) is 10.0. The predicted octanol–water partition coefficient (Wildman–Crippen LogP) is 2.58. The number of ether oxygens (including phenoxy) is 1. The Morgan fingerprint density at radius 3 is 2.10 bits per heavy atom. The van der Waals surface area contributed by atoms with Crippen molar-refractivity contribution in [3.05, 3.63) is 53.6 Å². The summed E-state index contributed by atoms with van der Waals surface area (Å²) in [4.78, 5) is 22.3. The molecule has 0 aliphatic carbocycles. The summed E-state index contributed by atoms with van der Waals surface area (Å²) >= 11 is 0. The second-order valence-electron chi connectivity index (χ2n) is 3.86. The lowest BCUT2D eigenvalue weighted by Crippen LogP contribution is -2.09. The van der Waals surface area contributed by atoms with Crippen LogP contribution in [0.5, 0.6) is 17.2 Å². The Balaban J connectivity index is 2.59. The van der Waals surface area contributed by atoms with E-state index in [1.165, 1.54) is 0 Å². The average molecular weight is 274 g/mol. The maximum atomic E-state index is 11.2. The molecular formula is C14H10O6. The van der Waals surface area contributed by atoms with Crippen molar-refractivity contribution in [1.29, 1.82) is 0 Å². The second-order valence-corrected chi connectivity index (χ2v) is 3.86. The minimum atomic E-state index is -1.50. The molecule has 0 saturated heterocycles. The molecule has 2 aromatic carbocycles. The molecule has 0 aromatic heterocycles. The number of phenols is 1. The lowest BCUT2D eigenvalue weighted by molar-refractivity contribution is 0.0648. The highest BCUT2D eigenvalue weighted by atomic mass is 16.5. The molecule has 6 nitrogen and oxygen atoms in total. The Labute approximate surface area is 113 Å². The lowest BCUT2D eigenvalue weighted by atomic mass is 10.1. The van der Waals surface area contributed by atoms with E-state index < -0.39 is 34.6 Å². The van der Waals surface area contributed by atoms with E-state index in [1.807, 2.05) is 0 Å². The Kier molecular flexibility index (Phi) is 3.56. The second kappa shape index (κ2) is 5.31. The standard InChI is InChI=1S/C14H10O6/c15-10-7-6-9(13(16)17)11(14(18)19)12(10)20-8-4-2-1-3-5-8/h1-7,15H,(H,16,17)(H,18,19). The molecule has 0 aliphatic heterocycles. The van der Waals surface area contributed by atoms with Gasteiger partial charge in [0.05, 0.1) is 5.56 Å². The molecule has 0 unspecified atom stereocenters. The van der Waals surface area contributed by atoms with E-state index in [0.29, 0.717) is 0 Å². The van der Waals surface area contributed by atoms with Gasteiger partial charge in [-0.25, -0.2) is 9.59 Å². The third kappa shape index (κ3) is 2.54. The highest BCUT2D eigenvalue weighted by Crippen LogP contribution is 2.36. The van der Waals surface area contributed by atoms with Crippen LogP contribution >= 0.6 is 0 Å². The van der Waals surface area contributed by atoms with Crippen LogP contribution in [0.4, 0.5) is 0 Å². The topological polar surface area (TPSA) is 104 Å². The molecule has 0 fully saturated rings. The molecule has 0 atom stereocenters. The third-order valence-corrected chi connectivity index (χ3v) is 2.54. The van der Waals surface area contributed by atoms with E-state index in [9.17, 15) is 14.7 Å². The van der Waals surface area contributed by atoms with Gasteiger partial charge in [0, 0.05) is 0 Å². The number of para-hydroxylation sites is 1. The van der Waals surface area contributed by atoms with Crippen LogP contribution < -0.4 is 4.74 Å². The summed E-state index contributed by atoms with van der Waals surface area (Å²) in [7, 11) is 0. The minimum absolute atomic E-state index is 0.285. The van der Waals surface area contributed by atoms with Crippen LogP contribution in [0.1, 0.15) is 20.7 Å². The number of benzene rings is 2. The van der Waals surface area contributed by atoms with Gasteiger partial charge in [-0.15, -0.1) is 0 Å². The van der Waals surface area contributed by atoms with Crippen molar-refractivity contribution >= 4 is 11.9 Å². The first-order chi connectivity index (χ1) is 9.50. The SMILES string of the molecule is O=C(O)c1ccc(O)c(Oc2ccccc2)c1C(=O)O. The zero-order chi connectivity index (χ0) is 14.7. The van der Waals surface area contributed by atoms with Crippen molar-refractivity contribution in [1.82, 2.24) is 0 Å². The number of aromatic carboxylic acids is 2. The van der Waals surface area contributed by atoms with Gasteiger partial charge in [0.25, 0.3) is 0 Å². The molecule has 0 heterocycles. The zero-order valence-corrected chi connectivity index (χ0v) is 10.1. The quantitative estimate of drug-likeness (QED) is 0.791. The van der Waals surface area contributed by atoms with Crippen LogP contribution in [-0.2, 0) is 0 Å². The average Bonchev–Trinajstić information content (AvgIpc) is 2.41. The summed E-state index contributed by atoms with van der Waals surface area (Å²) in [5.74, 6) is -3.47. The molecule has 0 saturated carbocycles. The van der Waals surface area contributed by atoms with Gasteiger partial charge in [0.1, 0.15) is 11.3 Å². The van der Waals surface area contributed by atoms with Gasteiger partial charge in [-0.3, -0.25) is 0 Å². The molecule has 6 heteroatoms. The fourth-order valence-electron chi connectivity index (χ4n) is 1.67. The summed E-state index contributed by atoms with van der Waals surface area (Å²) in [6.45, 7) is 0. The van der Waals surface area contributed by atoms with E-state index in [2.05, 4.69) is 0 Å².